The van der Waals surface area contributed by atoms with Gasteiger partial charge in [0.2, 0.25) is 0 Å². The summed E-state index contributed by atoms with van der Waals surface area (Å²) in [5.41, 5.74) is 1.02. The Hall–Kier alpha value is -2.89. The molecular formula is C18H21NO5. The average Bonchev–Trinajstić information content (AvgIpc) is 2.65. The Kier molecular flexibility index (Phi) is 5.52. The molecule has 0 aliphatic rings. The lowest BCUT2D eigenvalue weighted by atomic mass is 10.1. The van der Waals surface area contributed by atoms with Crippen molar-refractivity contribution in [2.45, 2.75) is 0 Å². The average molecular weight is 331 g/mol. The van der Waals surface area contributed by atoms with Crippen molar-refractivity contribution >= 4 is 11.6 Å². The Bertz CT molecular complexity index is 707. The molecule has 0 fully saturated rings. The summed E-state index contributed by atoms with van der Waals surface area (Å²) in [6.45, 7) is 0. The fourth-order valence-corrected chi connectivity index (χ4v) is 2.38. The maximum atomic E-state index is 13.0. The van der Waals surface area contributed by atoms with Crippen LogP contribution in [0.15, 0.2) is 36.4 Å². The highest BCUT2D eigenvalue weighted by Crippen LogP contribution is 2.34. The second kappa shape index (κ2) is 7.59. The molecule has 0 unspecified atom stereocenters. The normalized spacial score (nSPS) is 10.0. The van der Waals surface area contributed by atoms with Crippen LogP contribution in [0, 0.1) is 0 Å². The molecule has 0 bridgehead atoms. The van der Waals surface area contributed by atoms with Gasteiger partial charge in [0.15, 0.2) is 11.5 Å². The van der Waals surface area contributed by atoms with E-state index in [1.165, 1.54) is 19.1 Å². The minimum absolute atomic E-state index is 0.253. The van der Waals surface area contributed by atoms with E-state index in [9.17, 15) is 4.79 Å². The molecular weight excluding hydrogens is 310 g/mol. The van der Waals surface area contributed by atoms with Crippen LogP contribution in [0.25, 0.3) is 0 Å². The molecule has 0 saturated carbocycles. The zero-order valence-electron chi connectivity index (χ0n) is 14.5. The van der Waals surface area contributed by atoms with E-state index < -0.39 is 0 Å². The van der Waals surface area contributed by atoms with Crippen LogP contribution >= 0.6 is 0 Å². The van der Waals surface area contributed by atoms with Gasteiger partial charge in [-0.15, -0.1) is 0 Å². The number of ether oxygens (including phenoxy) is 4. The van der Waals surface area contributed by atoms with Gasteiger partial charge in [0.05, 0.1) is 28.4 Å². The number of nitrogens with zero attached hydrogens (tertiary/aromatic N) is 1. The van der Waals surface area contributed by atoms with Crippen LogP contribution in [-0.4, -0.2) is 41.4 Å². The Balaban J connectivity index is 2.44. The fraction of sp³-hybridized carbons (Fsp3) is 0.278. The topological polar surface area (TPSA) is 57.2 Å². The summed E-state index contributed by atoms with van der Waals surface area (Å²) >= 11 is 0. The molecule has 0 aliphatic heterocycles. The lowest BCUT2D eigenvalue weighted by molar-refractivity contribution is 0.0987. The van der Waals surface area contributed by atoms with Crippen molar-refractivity contribution in [3.63, 3.8) is 0 Å². The highest BCUT2D eigenvalue weighted by molar-refractivity contribution is 6.09. The first-order valence-electron chi connectivity index (χ1n) is 7.28. The summed E-state index contributed by atoms with van der Waals surface area (Å²) in [7, 11) is 7.82. The van der Waals surface area contributed by atoms with Gasteiger partial charge in [0.25, 0.3) is 5.91 Å². The van der Waals surface area contributed by atoms with Crippen LogP contribution in [0.3, 0.4) is 0 Å². The van der Waals surface area contributed by atoms with E-state index in [0.29, 0.717) is 34.2 Å². The number of rotatable bonds is 6. The Morgan fingerprint density at radius 1 is 0.792 bits per heavy atom. The minimum Gasteiger partial charge on any atom is -0.496 e. The smallest absolute Gasteiger partial charge is 0.265 e. The van der Waals surface area contributed by atoms with E-state index in [0.717, 1.165) is 0 Å². The lowest BCUT2D eigenvalue weighted by Crippen LogP contribution is -2.27. The molecule has 2 aromatic rings. The van der Waals surface area contributed by atoms with Crippen LogP contribution in [-0.2, 0) is 0 Å². The molecule has 1 amide bonds. The maximum Gasteiger partial charge on any atom is 0.265 e. The van der Waals surface area contributed by atoms with E-state index in [1.807, 2.05) is 0 Å². The lowest BCUT2D eigenvalue weighted by Gasteiger charge is -2.21. The summed E-state index contributed by atoms with van der Waals surface area (Å²) < 4.78 is 21.1. The second-order valence-electron chi connectivity index (χ2n) is 4.94. The molecule has 0 saturated heterocycles. The number of benzene rings is 2. The minimum atomic E-state index is -0.253. The van der Waals surface area contributed by atoms with Crippen LogP contribution in [0.1, 0.15) is 10.4 Å². The van der Waals surface area contributed by atoms with Crippen LogP contribution < -0.4 is 23.8 Å². The maximum absolute atomic E-state index is 13.0. The first-order chi connectivity index (χ1) is 11.6. The highest BCUT2D eigenvalue weighted by atomic mass is 16.5. The Morgan fingerprint density at radius 3 is 1.83 bits per heavy atom. The van der Waals surface area contributed by atoms with E-state index in [-0.39, 0.29) is 5.91 Å². The summed E-state index contributed by atoms with van der Waals surface area (Å²) in [5.74, 6) is 1.79. The van der Waals surface area contributed by atoms with Crippen molar-refractivity contribution in [1.29, 1.82) is 0 Å². The quantitative estimate of drug-likeness (QED) is 0.814. The van der Waals surface area contributed by atoms with Crippen molar-refractivity contribution in [2.75, 3.05) is 40.4 Å². The molecule has 0 N–H and O–H groups in total. The number of methoxy groups -OCH3 is 4. The second-order valence-corrected chi connectivity index (χ2v) is 4.94. The molecule has 6 heteroatoms. The van der Waals surface area contributed by atoms with Crippen molar-refractivity contribution < 1.29 is 23.7 Å². The molecule has 0 radical (unpaired) electrons. The molecule has 128 valence electrons. The molecule has 2 aromatic carbocycles. The number of hydrogen-bond donors (Lipinski definition) is 0. The van der Waals surface area contributed by atoms with Gasteiger partial charge >= 0.3 is 0 Å². The number of amides is 1. The predicted octanol–water partition coefficient (Wildman–Crippen LogP) is 3.00. The van der Waals surface area contributed by atoms with Crippen molar-refractivity contribution in [3.8, 4) is 23.0 Å². The van der Waals surface area contributed by atoms with Gasteiger partial charge in [-0.3, -0.25) is 4.79 Å². The third kappa shape index (κ3) is 3.22. The third-order valence-electron chi connectivity index (χ3n) is 3.70. The largest absolute Gasteiger partial charge is 0.496 e. The highest BCUT2D eigenvalue weighted by Gasteiger charge is 2.23. The molecule has 24 heavy (non-hydrogen) atoms. The van der Waals surface area contributed by atoms with E-state index in [1.54, 1.807) is 57.7 Å². The SMILES string of the molecule is COc1ccc(N(C)C(=O)c2c(OC)cccc2OC)cc1OC. The molecule has 0 spiro atoms. The van der Waals surface area contributed by atoms with Gasteiger partial charge in [0, 0.05) is 18.8 Å². The summed E-state index contributed by atoms with van der Waals surface area (Å²) in [6.07, 6.45) is 0. The van der Waals surface area contributed by atoms with Gasteiger partial charge in [-0.05, 0) is 24.3 Å². The number of carbonyl (C=O) groups is 1. The first kappa shape index (κ1) is 17.5. The molecule has 0 aliphatic carbocycles. The van der Waals surface area contributed by atoms with Crippen LogP contribution in [0.4, 0.5) is 5.69 Å². The van der Waals surface area contributed by atoms with Gasteiger partial charge < -0.3 is 23.8 Å². The summed E-state index contributed by atoms with van der Waals surface area (Å²) in [5, 5.41) is 0. The zero-order valence-corrected chi connectivity index (χ0v) is 14.5. The van der Waals surface area contributed by atoms with E-state index in [2.05, 4.69) is 0 Å². The van der Waals surface area contributed by atoms with Gasteiger partial charge in [-0.1, -0.05) is 6.07 Å². The Morgan fingerprint density at radius 2 is 1.33 bits per heavy atom. The third-order valence-corrected chi connectivity index (χ3v) is 3.70. The van der Waals surface area contributed by atoms with Gasteiger partial charge in [-0.25, -0.2) is 0 Å². The van der Waals surface area contributed by atoms with Crippen LogP contribution in [0.5, 0.6) is 23.0 Å². The standard InChI is InChI=1S/C18H21NO5/c1-19(12-9-10-13(21-2)16(11-12)24-5)18(20)17-14(22-3)7-6-8-15(17)23-4/h6-11H,1-5H3. The van der Waals surface area contributed by atoms with E-state index >= 15 is 0 Å². The Labute approximate surface area is 141 Å². The number of carbonyl (C=O) groups excluding carboxylic acids is 1. The van der Waals surface area contributed by atoms with Gasteiger partial charge in [0.1, 0.15) is 17.1 Å². The number of anilines is 1. The number of hydrogen-bond acceptors (Lipinski definition) is 5. The van der Waals surface area contributed by atoms with Crippen molar-refractivity contribution in [3.05, 3.63) is 42.0 Å². The monoisotopic (exact) mass is 331 g/mol. The molecule has 6 nitrogen and oxygen atoms in total. The first-order valence-corrected chi connectivity index (χ1v) is 7.28. The molecule has 0 heterocycles. The van der Waals surface area contributed by atoms with E-state index in [4.69, 9.17) is 18.9 Å². The summed E-state index contributed by atoms with van der Waals surface area (Å²) in [6, 6.07) is 10.5. The molecule has 0 atom stereocenters. The van der Waals surface area contributed by atoms with Gasteiger partial charge in [-0.2, -0.15) is 0 Å². The van der Waals surface area contributed by atoms with Crippen LogP contribution in [0.2, 0.25) is 0 Å². The molecule has 2 rings (SSSR count). The van der Waals surface area contributed by atoms with Crippen molar-refractivity contribution in [2.24, 2.45) is 0 Å². The summed E-state index contributed by atoms with van der Waals surface area (Å²) in [4.78, 5) is 14.5. The molecule has 0 aromatic heterocycles. The zero-order chi connectivity index (χ0) is 17.7. The fourth-order valence-electron chi connectivity index (χ4n) is 2.38. The predicted molar refractivity (Wildman–Crippen MR) is 91.8 cm³/mol. The van der Waals surface area contributed by atoms with Crippen molar-refractivity contribution in [1.82, 2.24) is 0 Å².